The molecule has 1 aromatic rings. The Bertz CT molecular complexity index is 418. The normalized spacial score (nSPS) is 16.2. The lowest BCUT2D eigenvalue weighted by atomic mass is 9.94. The van der Waals surface area contributed by atoms with Crippen molar-refractivity contribution >= 4 is 11.6 Å². The maximum atomic E-state index is 11.3. The Morgan fingerprint density at radius 3 is 3.00 bits per heavy atom. The van der Waals surface area contributed by atoms with Crippen molar-refractivity contribution in [3.8, 4) is 0 Å². The van der Waals surface area contributed by atoms with Crippen molar-refractivity contribution in [2.24, 2.45) is 5.73 Å². The first-order chi connectivity index (χ1) is 8.24. The van der Waals surface area contributed by atoms with Crippen LogP contribution in [0.1, 0.15) is 23.5 Å². The number of ether oxygens (including phenoxy) is 1. The van der Waals surface area contributed by atoms with Gasteiger partial charge < -0.3 is 15.8 Å². The molecule has 2 rings (SSSR count). The van der Waals surface area contributed by atoms with Gasteiger partial charge in [-0.3, -0.25) is 4.79 Å². The molecule has 17 heavy (non-hydrogen) atoms. The molecule has 0 bridgehead atoms. The zero-order valence-corrected chi connectivity index (χ0v) is 10.0. The SMILES string of the molecule is COCC(CN)c1ccc2c(c1)CCC(=O)N2. The van der Waals surface area contributed by atoms with Crippen molar-refractivity contribution in [2.75, 3.05) is 25.6 Å². The van der Waals surface area contributed by atoms with Gasteiger partial charge in [0.25, 0.3) is 0 Å². The molecule has 4 heteroatoms. The lowest BCUT2D eigenvalue weighted by molar-refractivity contribution is -0.116. The van der Waals surface area contributed by atoms with Crippen LogP contribution in [0.3, 0.4) is 0 Å². The van der Waals surface area contributed by atoms with Crippen LogP contribution in [0.15, 0.2) is 18.2 Å². The van der Waals surface area contributed by atoms with E-state index in [0.29, 0.717) is 19.6 Å². The quantitative estimate of drug-likeness (QED) is 0.824. The number of amides is 1. The van der Waals surface area contributed by atoms with Crippen LogP contribution in [0, 0.1) is 0 Å². The molecule has 0 aliphatic carbocycles. The van der Waals surface area contributed by atoms with Crippen LogP contribution in [0.5, 0.6) is 0 Å². The summed E-state index contributed by atoms with van der Waals surface area (Å²) >= 11 is 0. The molecule has 1 atom stereocenters. The molecule has 0 saturated carbocycles. The highest BCUT2D eigenvalue weighted by atomic mass is 16.5. The first kappa shape index (κ1) is 12.1. The van der Waals surface area contributed by atoms with Crippen molar-refractivity contribution in [3.63, 3.8) is 0 Å². The Hall–Kier alpha value is -1.39. The van der Waals surface area contributed by atoms with Crippen molar-refractivity contribution in [1.82, 2.24) is 0 Å². The van der Waals surface area contributed by atoms with E-state index >= 15 is 0 Å². The molecule has 4 nitrogen and oxygen atoms in total. The lowest BCUT2D eigenvalue weighted by Gasteiger charge is -2.20. The first-order valence-electron chi connectivity index (χ1n) is 5.86. The van der Waals surface area contributed by atoms with Gasteiger partial charge in [0.2, 0.25) is 5.91 Å². The summed E-state index contributed by atoms with van der Waals surface area (Å²) in [5.41, 5.74) is 9.04. The van der Waals surface area contributed by atoms with Crippen LogP contribution in [-0.4, -0.2) is 26.2 Å². The Morgan fingerprint density at radius 1 is 1.47 bits per heavy atom. The number of fused-ring (bicyclic) bond motifs is 1. The number of nitrogens with two attached hydrogens (primary N) is 1. The highest BCUT2D eigenvalue weighted by Gasteiger charge is 2.17. The van der Waals surface area contributed by atoms with Crippen molar-refractivity contribution in [3.05, 3.63) is 29.3 Å². The van der Waals surface area contributed by atoms with Gasteiger partial charge in [-0.1, -0.05) is 12.1 Å². The Morgan fingerprint density at radius 2 is 2.29 bits per heavy atom. The lowest BCUT2D eigenvalue weighted by Crippen LogP contribution is -2.21. The summed E-state index contributed by atoms with van der Waals surface area (Å²) in [5.74, 6) is 0.320. The predicted molar refractivity (Wildman–Crippen MR) is 67.1 cm³/mol. The number of hydrogen-bond acceptors (Lipinski definition) is 3. The van der Waals surface area contributed by atoms with Gasteiger partial charge in [0, 0.05) is 31.7 Å². The molecule has 0 aromatic heterocycles. The fraction of sp³-hybridized carbons (Fsp3) is 0.462. The van der Waals surface area contributed by atoms with E-state index in [1.165, 1.54) is 11.1 Å². The molecule has 1 aromatic carbocycles. The number of nitrogens with one attached hydrogen (secondary N) is 1. The Kier molecular flexibility index (Phi) is 3.76. The van der Waals surface area contributed by atoms with Crippen LogP contribution in [0.2, 0.25) is 0 Å². The third-order valence-corrected chi connectivity index (χ3v) is 3.15. The number of aryl methyl sites for hydroxylation is 1. The predicted octanol–water partition coefficient (Wildman–Crippen LogP) is 1.26. The minimum atomic E-state index is 0.0949. The van der Waals surface area contributed by atoms with Gasteiger partial charge in [0.15, 0.2) is 0 Å². The maximum Gasteiger partial charge on any atom is 0.224 e. The number of anilines is 1. The summed E-state index contributed by atoms with van der Waals surface area (Å²) in [4.78, 5) is 11.3. The highest BCUT2D eigenvalue weighted by Crippen LogP contribution is 2.26. The minimum Gasteiger partial charge on any atom is -0.384 e. The Balaban J connectivity index is 2.23. The molecule has 1 aliphatic heterocycles. The van der Waals surface area contributed by atoms with E-state index in [2.05, 4.69) is 11.4 Å². The number of carbonyl (C=O) groups is 1. The van der Waals surface area contributed by atoms with Crippen LogP contribution in [0.25, 0.3) is 0 Å². The van der Waals surface area contributed by atoms with E-state index in [1.807, 2.05) is 12.1 Å². The number of hydrogen-bond donors (Lipinski definition) is 2. The number of benzene rings is 1. The molecule has 1 heterocycles. The van der Waals surface area contributed by atoms with Crippen molar-refractivity contribution in [1.29, 1.82) is 0 Å². The smallest absolute Gasteiger partial charge is 0.224 e. The van der Waals surface area contributed by atoms with Gasteiger partial charge in [0.1, 0.15) is 0 Å². The zero-order valence-electron chi connectivity index (χ0n) is 10.0. The minimum absolute atomic E-state index is 0.0949. The number of rotatable bonds is 4. The second-order valence-corrected chi connectivity index (χ2v) is 4.35. The Labute approximate surface area is 101 Å². The molecule has 3 N–H and O–H groups in total. The third-order valence-electron chi connectivity index (χ3n) is 3.15. The molecular weight excluding hydrogens is 216 g/mol. The molecule has 1 amide bonds. The molecule has 0 radical (unpaired) electrons. The molecule has 1 aliphatic rings. The van der Waals surface area contributed by atoms with Gasteiger partial charge in [-0.15, -0.1) is 0 Å². The van der Waals surface area contributed by atoms with E-state index in [0.717, 1.165) is 12.1 Å². The topological polar surface area (TPSA) is 64.3 Å². The fourth-order valence-corrected chi connectivity index (χ4v) is 2.16. The van der Waals surface area contributed by atoms with Crippen LogP contribution in [0.4, 0.5) is 5.69 Å². The first-order valence-corrected chi connectivity index (χ1v) is 5.86. The summed E-state index contributed by atoms with van der Waals surface area (Å²) in [5, 5.41) is 2.87. The molecule has 1 unspecified atom stereocenters. The monoisotopic (exact) mass is 234 g/mol. The fourth-order valence-electron chi connectivity index (χ4n) is 2.16. The van der Waals surface area contributed by atoms with Crippen LogP contribution in [-0.2, 0) is 16.0 Å². The molecule has 0 spiro atoms. The summed E-state index contributed by atoms with van der Waals surface area (Å²) < 4.78 is 5.16. The highest BCUT2D eigenvalue weighted by molar-refractivity contribution is 5.93. The van der Waals surface area contributed by atoms with Crippen molar-refractivity contribution in [2.45, 2.75) is 18.8 Å². The van der Waals surface area contributed by atoms with Gasteiger partial charge in [0.05, 0.1) is 6.61 Å². The van der Waals surface area contributed by atoms with Crippen molar-refractivity contribution < 1.29 is 9.53 Å². The summed E-state index contributed by atoms with van der Waals surface area (Å²) in [6.07, 6.45) is 1.37. The number of methoxy groups -OCH3 is 1. The van der Waals surface area contributed by atoms with E-state index < -0.39 is 0 Å². The van der Waals surface area contributed by atoms with Crippen LogP contribution < -0.4 is 11.1 Å². The number of carbonyl (C=O) groups excluding carboxylic acids is 1. The van der Waals surface area contributed by atoms with E-state index in [9.17, 15) is 4.79 Å². The summed E-state index contributed by atoms with van der Waals surface area (Å²) in [6.45, 7) is 1.20. The second-order valence-electron chi connectivity index (χ2n) is 4.35. The molecule has 0 saturated heterocycles. The average molecular weight is 234 g/mol. The zero-order chi connectivity index (χ0) is 12.3. The molecular formula is C13H18N2O2. The molecule has 0 fully saturated rings. The van der Waals surface area contributed by atoms with Gasteiger partial charge in [-0.05, 0) is 23.6 Å². The maximum absolute atomic E-state index is 11.3. The van der Waals surface area contributed by atoms with E-state index in [4.69, 9.17) is 10.5 Å². The van der Waals surface area contributed by atoms with Gasteiger partial charge in [-0.2, -0.15) is 0 Å². The summed E-state index contributed by atoms with van der Waals surface area (Å²) in [7, 11) is 1.68. The largest absolute Gasteiger partial charge is 0.384 e. The standard InChI is InChI=1S/C13H18N2O2/c1-17-8-11(7-14)9-2-4-12-10(6-9)3-5-13(16)15-12/h2,4,6,11H,3,5,7-8,14H2,1H3,(H,15,16). The average Bonchev–Trinajstić information content (AvgIpc) is 2.35. The molecule has 92 valence electrons. The third kappa shape index (κ3) is 2.65. The summed E-state index contributed by atoms with van der Waals surface area (Å²) in [6, 6.07) is 6.10. The van der Waals surface area contributed by atoms with E-state index in [-0.39, 0.29) is 11.8 Å². The van der Waals surface area contributed by atoms with E-state index in [1.54, 1.807) is 7.11 Å². The van der Waals surface area contributed by atoms with Gasteiger partial charge in [-0.25, -0.2) is 0 Å². The van der Waals surface area contributed by atoms with Gasteiger partial charge >= 0.3 is 0 Å². The van der Waals surface area contributed by atoms with Crippen LogP contribution >= 0.6 is 0 Å². The second kappa shape index (κ2) is 5.29.